The van der Waals surface area contributed by atoms with Crippen LogP contribution in [0.1, 0.15) is 123 Å². The molecular formula is C49H61N5O7. The fourth-order valence-corrected chi connectivity index (χ4v) is 13.2. The maximum Gasteiger partial charge on any atom is 0.264 e. The van der Waals surface area contributed by atoms with E-state index in [9.17, 15) is 24.0 Å². The Hall–Kier alpha value is -4.68. The van der Waals surface area contributed by atoms with Crippen LogP contribution in [-0.4, -0.2) is 96.4 Å². The summed E-state index contributed by atoms with van der Waals surface area (Å²) >= 11 is 0. The molecule has 4 aliphatic carbocycles. The third-order valence-corrected chi connectivity index (χ3v) is 16.5. The number of benzene rings is 2. The van der Waals surface area contributed by atoms with Crippen LogP contribution in [0.15, 0.2) is 54.9 Å². The van der Waals surface area contributed by atoms with Crippen molar-refractivity contribution in [2.45, 2.75) is 109 Å². The number of carbonyl (C=O) groups excluding carboxylic acids is 5. The van der Waals surface area contributed by atoms with Crippen LogP contribution in [0.2, 0.25) is 0 Å². The molecule has 4 saturated carbocycles. The number of anilines is 1. The van der Waals surface area contributed by atoms with Gasteiger partial charge >= 0.3 is 0 Å². The Labute approximate surface area is 358 Å². The van der Waals surface area contributed by atoms with E-state index >= 15 is 0 Å². The van der Waals surface area contributed by atoms with Crippen molar-refractivity contribution in [3.05, 3.63) is 71.5 Å². The normalized spacial score (nSPS) is 31.9. The van der Waals surface area contributed by atoms with Crippen LogP contribution < -0.4 is 10.6 Å². The van der Waals surface area contributed by atoms with Gasteiger partial charge in [0.25, 0.3) is 11.8 Å². The first-order valence-electron chi connectivity index (χ1n) is 22.8. The van der Waals surface area contributed by atoms with Crippen LogP contribution in [-0.2, 0) is 23.9 Å². The molecule has 1 saturated heterocycles. The number of hydrogen-bond acceptors (Lipinski definition) is 9. The second-order valence-electron chi connectivity index (χ2n) is 19.3. The minimum atomic E-state index is -1.01. The average Bonchev–Trinajstić information content (AvgIpc) is 3.75. The summed E-state index contributed by atoms with van der Waals surface area (Å²) in [5.74, 6) is 1.67. The van der Waals surface area contributed by atoms with E-state index in [4.69, 9.17) is 9.47 Å². The Bertz CT molecular complexity index is 2210. The maximum atomic E-state index is 13.4. The predicted molar refractivity (Wildman–Crippen MR) is 231 cm³/mol. The minimum Gasteiger partial charge on any atom is -0.382 e. The van der Waals surface area contributed by atoms with Crippen LogP contribution in [0, 0.1) is 34.5 Å². The summed E-state index contributed by atoms with van der Waals surface area (Å²) < 4.78 is 11.5. The molecule has 0 bridgehead atoms. The third kappa shape index (κ3) is 7.55. The molecule has 0 radical (unpaired) electrons. The van der Waals surface area contributed by atoms with Gasteiger partial charge < -0.3 is 19.7 Å². The fraction of sp³-hybridized carbons (Fsp3) is 0.592. The predicted octanol–water partition coefficient (Wildman–Crippen LogP) is 7.12. The van der Waals surface area contributed by atoms with Gasteiger partial charge in [-0.3, -0.25) is 39.2 Å². The number of amides is 5. The van der Waals surface area contributed by atoms with Gasteiger partial charge in [0.15, 0.2) is 0 Å². The number of carbonyl (C=O) groups is 5. The zero-order chi connectivity index (χ0) is 42.5. The number of rotatable bonds is 13. The van der Waals surface area contributed by atoms with Gasteiger partial charge in [0.05, 0.1) is 44.0 Å². The van der Waals surface area contributed by atoms with E-state index in [2.05, 4.69) is 53.7 Å². The maximum absolute atomic E-state index is 13.4. The molecule has 2 aliphatic heterocycles. The lowest BCUT2D eigenvalue weighted by molar-refractivity contribution is -0.141. The first kappa shape index (κ1) is 41.7. The number of imide groups is 2. The molecule has 2 aromatic carbocycles. The van der Waals surface area contributed by atoms with Crippen LogP contribution in [0.3, 0.4) is 0 Å². The number of hydrogen-bond donors (Lipinski definition) is 2. The van der Waals surface area contributed by atoms with Gasteiger partial charge in [-0.15, -0.1) is 0 Å². The molecule has 5 amide bonds. The summed E-state index contributed by atoms with van der Waals surface area (Å²) in [5.41, 5.74) is 3.15. The van der Waals surface area contributed by atoms with Gasteiger partial charge in [0.2, 0.25) is 17.7 Å². The highest BCUT2D eigenvalue weighted by Crippen LogP contribution is 2.69. The van der Waals surface area contributed by atoms with Crippen LogP contribution in [0.4, 0.5) is 5.69 Å². The largest absolute Gasteiger partial charge is 0.382 e. The van der Waals surface area contributed by atoms with E-state index in [-0.39, 0.29) is 35.9 Å². The van der Waals surface area contributed by atoms with Crippen molar-refractivity contribution in [2.75, 3.05) is 45.3 Å². The highest BCUT2D eigenvalue weighted by molar-refractivity contribution is 6.25. The molecule has 1 aromatic heterocycles. The van der Waals surface area contributed by atoms with Gasteiger partial charge in [0.1, 0.15) is 6.04 Å². The van der Waals surface area contributed by atoms with Crippen molar-refractivity contribution in [1.29, 1.82) is 0 Å². The number of ether oxygens (including phenoxy) is 2. The molecule has 9 atom stereocenters. The van der Waals surface area contributed by atoms with E-state index in [1.165, 1.54) is 61.3 Å². The molecule has 12 nitrogen and oxygen atoms in total. The molecule has 3 heterocycles. The van der Waals surface area contributed by atoms with Gasteiger partial charge in [-0.2, -0.15) is 0 Å². The molecular weight excluding hydrogens is 771 g/mol. The van der Waals surface area contributed by atoms with Gasteiger partial charge in [-0.25, -0.2) is 0 Å². The number of piperidine rings is 1. The van der Waals surface area contributed by atoms with E-state index in [0.29, 0.717) is 67.7 Å². The number of aromatic nitrogens is 1. The SMILES string of the molecule is CN(C(=O)CCOCCOCCNc1cccc2c1C(=O)N(C1CCC(=O)NC1=O)C2=O)C1CCC2(C)C(CCC3C2CCC2(C)C(c4ccc5ccncc5c4)CCC32)C1. The summed E-state index contributed by atoms with van der Waals surface area (Å²) in [7, 11) is 1.99. The molecule has 61 heavy (non-hydrogen) atoms. The number of nitrogens with zero attached hydrogens (tertiary/aromatic N) is 3. The van der Waals surface area contributed by atoms with Crippen LogP contribution >= 0.6 is 0 Å². The first-order chi connectivity index (χ1) is 29.5. The lowest BCUT2D eigenvalue weighted by Crippen LogP contribution is -2.55. The van der Waals surface area contributed by atoms with E-state index in [0.717, 1.165) is 35.5 Å². The molecule has 9 rings (SSSR count). The molecule has 12 heteroatoms. The Morgan fingerprint density at radius 2 is 1.67 bits per heavy atom. The Balaban J connectivity index is 0.690. The smallest absolute Gasteiger partial charge is 0.264 e. The van der Waals surface area contributed by atoms with Crippen molar-refractivity contribution in [3.63, 3.8) is 0 Å². The van der Waals surface area contributed by atoms with Crippen LogP contribution in [0.5, 0.6) is 0 Å². The molecule has 9 unspecified atom stereocenters. The molecule has 3 aromatic rings. The summed E-state index contributed by atoms with van der Waals surface area (Å²) in [6.45, 7) is 7.00. The first-order valence-corrected chi connectivity index (χ1v) is 22.8. The van der Waals surface area contributed by atoms with Crippen molar-refractivity contribution in [3.8, 4) is 0 Å². The fourth-order valence-electron chi connectivity index (χ4n) is 13.2. The Morgan fingerprint density at radius 3 is 2.51 bits per heavy atom. The quantitative estimate of drug-likeness (QED) is 0.136. The van der Waals surface area contributed by atoms with Gasteiger partial charge in [-0.05, 0) is 140 Å². The summed E-state index contributed by atoms with van der Waals surface area (Å²) in [6, 6.07) is 13.5. The topological polar surface area (TPSA) is 147 Å². The second-order valence-corrected chi connectivity index (χ2v) is 19.3. The average molecular weight is 832 g/mol. The standard InChI is InChI=1S/C49H61N5O7/c1-48-19-15-34(28-33(48)9-10-35-38-12-11-37(49(38,2)20-16-39(35)48)31-8-7-30-17-21-50-29-32(30)27-31)53(3)43(56)18-23-60-25-26-61-24-22-51-40-6-4-5-36-44(40)47(59)54(46(36)58)41-13-14-42(55)52-45(41)57/h4-8,17,21,27,29,33-35,37-39,41,51H,9-16,18-20,22-26,28H2,1-3H3,(H,52,55,57). The Kier molecular flexibility index (Phi) is 11.5. The van der Waals surface area contributed by atoms with Crippen molar-refractivity contribution < 1.29 is 33.4 Å². The zero-order valence-electron chi connectivity index (χ0n) is 36.0. The third-order valence-electron chi connectivity index (χ3n) is 16.5. The minimum absolute atomic E-state index is 0.0687. The summed E-state index contributed by atoms with van der Waals surface area (Å²) in [4.78, 5) is 71.2. The number of fused-ring (bicyclic) bond motifs is 7. The zero-order valence-corrected chi connectivity index (χ0v) is 36.0. The molecule has 5 fully saturated rings. The van der Waals surface area contributed by atoms with Gasteiger partial charge in [-0.1, -0.05) is 32.0 Å². The van der Waals surface area contributed by atoms with E-state index in [1.807, 2.05) is 24.3 Å². The van der Waals surface area contributed by atoms with E-state index < -0.39 is 29.7 Å². The van der Waals surface area contributed by atoms with Crippen LogP contribution in [0.25, 0.3) is 10.8 Å². The molecule has 2 N–H and O–H groups in total. The van der Waals surface area contributed by atoms with Gasteiger partial charge in [0, 0.05) is 49.5 Å². The Morgan fingerprint density at radius 1 is 0.869 bits per heavy atom. The highest BCUT2D eigenvalue weighted by atomic mass is 16.5. The monoisotopic (exact) mass is 831 g/mol. The lowest BCUT2D eigenvalue weighted by Gasteiger charge is -2.61. The van der Waals surface area contributed by atoms with E-state index in [1.54, 1.807) is 18.2 Å². The molecule has 0 spiro atoms. The number of pyridine rings is 1. The van der Waals surface area contributed by atoms with Crippen molar-refractivity contribution in [1.82, 2.24) is 20.1 Å². The molecule has 6 aliphatic rings. The van der Waals surface area contributed by atoms with Crippen molar-refractivity contribution in [2.24, 2.45) is 34.5 Å². The summed E-state index contributed by atoms with van der Waals surface area (Å²) in [5, 5.41) is 7.93. The number of nitrogens with one attached hydrogen (secondary N) is 2. The highest BCUT2D eigenvalue weighted by Gasteiger charge is 2.60. The molecule has 324 valence electrons. The lowest BCUT2D eigenvalue weighted by atomic mass is 9.44. The van der Waals surface area contributed by atoms with Crippen molar-refractivity contribution >= 4 is 46.0 Å². The summed E-state index contributed by atoms with van der Waals surface area (Å²) in [6.07, 6.45) is 15.7. The second kappa shape index (κ2) is 16.9.